The van der Waals surface area contributed by atoms with Crippen molar-refractivity contribution in [2.24, 2.45) is 0 Å². The van der Waals surface area contributed by atoms with Crippen LogP contribution in [-0.4, -0.2) is 36.6 Å². The first-order chi connectivity index (χ1) is 7.49. The lowest BCUT2D eigenvalue weighted by Crippen LogP contribution is -2.11. The van der Waals surface area contributed by atoms with Crippen molar-refractivity contribution in [1.29, 1.82) is 0 Å². The van der Waals surface area contributed by atoms with E-state index in [1.807, 2.05) is 0 Å². The van der Waals surface area contributed by atoms with Gasteiger partial charge in [-0.2, -0.15) is 0 Å². The molecule has 4 heteroatoms. The number of rotatable bonds is 3. The quantitative estimate of drug-likeness (QED) is 0.843. The average Bonchev–Trinajstić information content (AvgIpc) is 2.18. The van der Waals surface area contributed by atoms with Crippen LogP contribution in [0.25, 0.3) is 0 Å². The fraction of sp³-hybridized carbons (Fsp3) is 0.417. The van der Waals surface area contributed by atoms with Crippen LogP contribution in [0.5, 0.6) is 5.75 Å². The molecule has 1 N–H and O–H groups in total. The van der Waals surface area contributed by atoms with Crippen LogP contribution in [0.2, 0.25) is 0 Å². The van der Waals surface area contributed by atoms with Crippen LogP contribution in [0, 0.1) is 0 Å². The highest BCUT2D eigenvalue weighted by molar-refractivity contribution is 5.90. The van der Waals surface area contributed by atoms with E-state index in [9.17, 15) is 9.90 Å². The van der Waals surface area contributed by atoms with Gasteiger partial charge in [-0.05, 0) is 33.1 Å². The molecule has 0 fully saturated rings. The third kappa shape index (κ3) is 6.03. The fourth-order valence-electron chi connectivity index (χ4n) is 1.09. The number of nitrogens with zero attached hydrogens (tertiary/aromatic N) is 1. The summed E-state index contributed by atoms with van der Waals surface area (Å²) in [5, 5.41) is 19.0. The van der Waals surface area contributed by atoms with E-state index in [-0.39, 0.29) is 5.56 Å². The Morgan fingerprint density at radius 3 is 2.19 bits per heavy atom. The minimum Gasteiger partial charge on any atom is -0.872 e. The monoisotopic (exact) mass is 224 g/mol. The van der Waals surface area contributed by atoms with Gasteiger partial charge in [-0.15, -0.1) is 0 Å². The molecule has 0 unspecified atom stereocenters. The van der Waals surface area contributed by atoms with Crippen LogP contribution < -0.4 is 5.11 Å². The topological polar surface area (TPSA) is 63.6 Å². The number of para-hydroxylation sites is 1. The van der Waals surface area contributed by atoms with Gasteiger partial charge in [-0.1, -0.05) is 30.9 Å². The summed E-state index contributed by atoms with van der Waals surface area (Å²) in [6, 6.07) is 5.54. The summed E-state index contributed by atoms with van der Waals surface area (Å²) < 4.78 is 0. The standard InChI is InChI=1S/C7H6O3.C5H13N/c8-6-4-2-1-3-5(6)7(9)10;1-4-5-6(2)3/h1-4,8H,(H,9,10);4-5H2,1-3H3/p-1. The molecule has 4 nitrogen and oxygen atoms in total. The molecule has 0 saturated heterocycles. The normalized spacial score (nSPS) is 9.50. The van der Waals surface area contributed by atoms with Crippen LogP contribution in [0.3, 0.4) is 0 Å². The largest absolute Gasteiger partial charge is 0.872 e. The molecule has 0 atom stereocenters. The molecule has 1 rings (SSSR count). The molecule has 16 heavy (non-hydrogen) atoms. The maximum absolute atomic E-state index is 10.7. The number of carbonyl (C=O) groups is 1. The van der Waals surface area contributed by atoms with Gasteiger partial charge >= 0.3 is 5.97 Å². The maximum atomic E-state index is 10.7. The molecule has 0 saturated carbocycles. The first-order valence-corrected chi connectivity index (χ1v) is 5.13. The molecule has 90 valence electrons. The number of carboxylic acid groups (broad SMARTS) is 1. The van der Waals surface area contributed by atoms with Gasteiger partial charge in [-0.25, -0.2) is 4.79 Å². The molecule has 0 aliphatic rings. The van der Waals surface area contributed by atoms with Crippen molar-refractivity contribution in [1.82, 2.24) is 4.90 Å². The van der Waals surface area contributed by atoms with Gasteiger partial charge in [0.1, 0.15) is 0 Å². The number of benzene rings is 1. The number of hydrogen-bond acceptors (Lipinski definition) is 3. The van der Waals surface area contributed by atoms with E-state index >= 15 is 0 Å². The van der Waals surface area contributed by atoms with E-state index in [0.29, 0.717) is 0 Å². The molecule has 1 aromatic carbocycles. The van der Waals surface area contributed by atoms with E-state index in [1.54, 1.807) is 0 Å². The van der Waals surface area contributed by atoms with Gasteiger partial charge in [0, 0.05) is 0 Å². The molecular weight excluding hydrogens is 206 g/mol. The second-order valence-corrected chi connectivity index (χ2v) is 3.60. The summed E-state index contributed by atoms with van der Waals surface area (Å²) >= 11 is 0. The second kappa shape index (κ2) is 7.70. The second-order valence-electron chi connectivity index (χ2n) is 3.60. The fourth-order valence-corrected chi connectivity index (χ4v) is 1.09. The Hall–Kier alpha value is -1.55. The Labute approximate surface area is 96.1 Å². The Bertz CT molecular complexity index is 324. The predicted octanol–water partition coefficient (Wildman–Crippen LogP) is 1.42. The summed E-state index contributed by atoms with van der Waals surface area (Å²) in [4.78, 5) is 12.4. The maximum Gasteiger partial charge on any atom is 0.335 e. The zero-order valence-electron chi connectivity index (χ0n) is 9.93. The van der Waals surface area contributed by atoms with E-state index in [0.717, 1.165) is 0 Å². The Kier molecular flexibility index (Phi) is 6.96. The number of carboxylic acids is 1. The lowest BCUT2D eigenvalue weighted by Gasteiger charge is -2.07. The summed E-state index contributed by atoms with van der Waals surface area (Å²) in [5.41, 5.74) is -0.178. The summed E-state index contributed by atoms with van der Waals surface area (Å²) in [7, 11) is 4.17. The van der Waals surface area contributed by atoms with Crippen molar-refractivity contribution >= 4 is 5.97 Å². The number of aromatic carboxylic acids is 1. The van der Waals surface area contributed by atoms with E-state index in [4.69, 9.17) is 5.11 Å². The average molecular weight is 224 g/mol. The van der Waals surface area contributed by atoms with E-state index in [1.165, 1.54) is 37.2 Å². The van der Waals surface area contributed by atoms with Crippen LogP contribution in [0.4, 0.5) is 0 Å². The molecule has 0 heterocycles. The molecule has 0 aromatic heterocycles. The van der Waals surface area contributed by atoms with Crippen LogP contribution in [0.1, 0.15) is 23.7 Å². The molecule has 0 bridgehead atoms. The zero-order valence-corrected chi connectivity index (χ0v) is 9.93. The third-order valence-corrected chi connectivity index (χ3v) is 1.79. The molecule has 0 aliphatic heterocycles. The Morgan fingerprint density at radius 1 is 1.38 bits per heavy atom. The van der Waals surface area contributed by atoms with E-state index in [2.05, 4.69) is 25.9 Å². The van der Waals surface area contributed by atoms with Crippen LogP contribution in [-0.2, 0) is 0 Å². The molecular formula is C12H18NO3-. The molecule has 0 spiro atoms. The van der Waals surface area contributed by atoms with Crippen LogP contribution >= 0.6 is 0 Å². The minimum atomic E-state index is -1.18. The van der Waals surface area contributed by atoms with Gasteiger partial charge in [0.2, 0.25) is 0 Å². The van der Waals surface area contributed by atoms with Crippen molar-refractivity contribution in [2.45, 2.75) is 13.3 Å². The predicted molar refractivity (Wildman–Crippen MR) is 61.7 cm³/mol. The van der Waals surface area contributed by atoms with Crippen molar-refractivity contribution < 1.29 is 15.0 Å². The van der Waals surface area contributed by atoms with Crippen molar-refractivity contribution in [3.63, 3.8) is 0 Å². The Balaban J connectivity index is 0.000000325. The van der Waals surface area contributed by atoms with Crippen molar-refractivity contribution in [2.75, 3.05) is 20.6 Å². The van der Waals surface area contributed by atoms with Crippen molar-refractivity contribution in [3.05, 3.63) is 29.8 Å². The summed E-state index contributed by atoms with van der Waals surface area (Å²) in [6.07, 6.45) is 1.26. The molecule has 0 amide bonds. The highest BCUT2D eigenvalue weighted by Gasteiger charge is 1.99. The smallest absolute Gasteiger partial charge is 0.335 e. The number of hydrogen-bond donors (Lipinski definition) is 1. The zero-order chi connectivity index (χ0) is 12.6. The molecule has 0 radical (unpaired) electrons. The summed E-state index contributed by atoms with van der Waals surface area (Å²) in [6.45, 7) is 3.39. The third-order valence-electron chi connectivity index (χ3n) is 1.79. The van der Waals surface area contributed by atoms with Gasteiger partial charge in [0.15, 0.2) is 0 Å². The Morgan fingerprint density at radius 2 is 1.94 bits per heavy atom. The van der Waals surface area contributed by atoms with Gasteiger partial charge in [-0.3, -0.25) is 0 Å². The van der Waals surface area contributed by atoms with Gasteiger partial charge < -0.3 is 15.1 Å². The lowest BCUT2D eigenvalue weighted by atomic mass is 10.2. The highest BCUT2D eigenvalue weighted by atomic mass is 16.4. The summed E-state index contributed by atoms with van der Waals surface area (Å²) in [5.74, 6) is -1.62. The van der Waals surface area contributed by atoms with Gasteiger partial charge in [0.25, 0.3) is 0 Å². The first kappa shape index (κ1) is 14.5. The first-order valence-electron chi connectivity index (χ1n) is 5.13. The van der Waals surface area contributed by atoms with Crippen molar-refractivity contribution in [3.8, 4) is 5.75 Å². The lowest BCUT2D eigenvalue weighted by molar-refractivity contribution is -0.268. The molecule has 1 aromatic rings. The SMILES string of the molecule is CCCN(C)C.O=C(O)c1ccccc1[O-]. The minimum absolute atomic E-state index is 0.178. The molecule has 0 aliphatic carbocycles. The van der Waals surface area contributed by atoms with Crippen LogP contribution in [0.15, 0.2) is 24.3 Å². The van der Waals surface area contributed by atoms with Gasteiger partial charge in [0.05, 0.1) is 5.56 Å². The highest BCUT2D eigenvalue weighted by Crippen LogP contribution is 2.10. The van der Waals surface area contributed by atoms with E-state index < -0.39 is 11.7 Å².